The maximum Gasteiger partial charge on any atom is 0.412 e. The van der Waals surface area contributed by atoms with Gasteiger partial charge in [0.25, 0.3) is 0 Å². The topological polar surface area (TPSA) is 158 Å². The number of esters is 1. The molecule has 3 rings (SSSR count). The van der Waals surface area contributed by atoms with Crippen LogP contribution in [0.15, 0.2) is 47.4 Å². The highest BCUT2D eigenvalue weighted by molar-refractivity contribution is 5.90. The van der Waals surface area contributed by atoms with E-state index in [9.17, 15) is 33.1 Å². The maximum atomic E-state index is 14.9. The Labute approximate surface area is 247 Å². The number of aliphatic hydroxyl groups excluding tert-OH is 1. The lowest BCUT2D eigenvalue weighted by Crippen LogP contribution is -2.42. The van der Waals surface area contributed by atoms with Gasteiger partial charge >= 0.3 is 23.7 Å². The van der Waals surface area contributed by atoms with Crippen molar-refractivity contribution in [1.82, 2.24) is 9.55 Å². The number of benzene rings is 1. The van der Waals surface area contributed by atoms with Gasteiger partial charge in [-0.25, -0.2) is 9.59 Å². The summed E-state index contributed by atoms with van der Waals surface area (Å²) in [6.45, 7) is 1.60. The molecule has 1 aromatic heterocycles. The van der Waals surface area contributed by atoms with Crippen LogP contribution in [0.4, 0.5) is 25.1 Å². The van der Waals surface area contributed by atoms with Crippen LogP contribution in [0.3, 0.4) is 0 Å². The molecule has 43 heavy (non-hydrogen) atoms. The van der Waals surface area contributed by atoms with E-state index in [1.807, 2.05) is 6.07 Å². The quantitative estimate of drug-likeness (QED) is 0.186. The largest absolute Gasteiger partial charge is 0.463 e. The number of ether oxygens (including phenoxy) is 3. The van der Waals surface area contributed by atoms with Crippen molar-refractivity contribution in [2.24, 2.45) is 0 Å². The normalized spacial score (nSPS) is 19.0. The van der Waals surface area contributed by atoms with E-state index in [0.717, 1.165) is 37.9 Å². The van der Waals surface area contributed by atoms with Gasteiger partial charge in [-0.2, -0.15) is 13.8 Å². The lowest BCUT2D eigenvalue weighted by molar-refractivity contribution is -0.150. The number of para-hydroxylation sites is 1. The number of anilines is 2. The summed E-state index contributed by atoms with van der Waals surface area (Å²) in [6.07, 6.45) is -0.464. The van der Waals surface area contributed by atoms with Crippen molar-refractivity contribution >= 4 is 29.5 Å². The molecule has 0 aliphatic carbocycles. The number of amides is 2. The Morgan fingerprint density at radius 2 is 1.72 bits per heavy atom. The minimum absolute atomic E-state index is 0.0691. The van der Waals surface area contributed by atoms with Crippen LogP contribution < -0.4 is 16.3 Å². The third-order valence-corrected chi connectivity index (χ3v) is 6.67. The van der Waals surface area contributed by atoms with E-state index in [4.69, 9.17) is 14.2 Å². The van der Waals surface area contributed by atoms with Gasteiger partial charge in [-0.05, 0) is 37.5 Å². The Kier molecular flexibility index (Phi) is 13.0. The molecule has 1 saturated heterocycles. The predicted molar refractivity (Wildman–Crippen MR) is 152 cm³/mol. The third kappa shape index (κ3) is 10.4. The smallest absolute Gasteiger partial charge is 0.412 e. The Hall–Kier alpha value is -3.91. The molecule has 2 amide bonds. The molecule has 0 saturated carbocycles. The van der Waals surface area contributed by atoms with Crippen LogP contribution in [-0.4, -0.2) is 64.0 Å². The molecule has 12 nitrogen and oxygen atoms in total. The highest BCUT2D eigenvalue weighted by Crippen LogP contribution is 2.42. The summed E-state index contributed by atoms with van der Waals surface area (Å²) in [5, 5.41) is 15.1. The molecule has 0 bridgehead atoms. The SMILES string of the molecule is CCCCCCCOC(=O)Nc1ccn([C@@H]2O[C@H](COC(=O)CCCCC(=O)Nc3ccccc3)[C@@H](O)C2(F)F)c(=O)n1. The van der Waals surface area contributed by atoms with E-state index >= 15 is 0 Å². The van der Waals surface area contributed by atoms with Gasteiger partial charge in [0, 0.05) is 24.7 Å². The van der Waals surface area contributed by atoms with Crippen molar-refractivity contribution < 1.29 is 42.5 Å². The fraction of sp³-hybridized carbons (Fsp3) is 0.552. The van der Waals surface area contributed by atoms with Crippen LogP contribution in [0.2, 0.25) is 0 Å². The Balaban J connectivity index is 1.42. The van der Waals surface area contributed by atoms with Crippen LogP contribution in [0, 0.1) is 0 Å². The fourth-order valence-electron chi connectivity index (χ4n) is 4.33. The zero-order chi connectivity index (χ0) is 31.2. The summed E-state index contributed by atoms with van der Waals surface area (Å²) >= 11 is 0. The van der Waals surface area contributed by atoms with Gasteiger partial charge in [-0.15, -0.1) is 0 Å². The van der Waals surface area contributed by atoms with Crippen molar-refractivity contribution in [3.8, 4) is 0 Å². The second-order valence-corrected chi connectivity index (χ2v) is 10.1. The first kappa shape index (κ1) is 33.6. The highest BCUT2D eigenvalue weighted by Gasteiger charge is 2.60. The Bertz CT molecular complexity index is 1260. The number of nitrogens with one attached hydrogen (secondary N) is 2. The predicted octanol–water partition coefficient (Wildman–Crippen LogP) is 4.40. The van der Waals surface area contributed by atoms with Gasteiger partial charge in [0.2, 0.25) is 12.1 Å². The van der Waals surface area contributed by atoms with Crippen LogP contribution in [0.1, 0.15) is 70.9 Å². The minimum Gasteiger partial charge on any atom is -0.463 e. The number of unbranched alkanes of at least 4 members (excludes halogenated alkanes) is 5. The van der Waals surface area contributed by atoms with Crippen molar-refractivity contribution in [3.05, 3.63) is 53.1 Å². The van der Waals surface area contributed by atoms with Gasteiger partial charge in [0.05, 0.1) is 6.61 Å². The second-order valence-electron chi connectivity index (χ2n) is 10.1. The summed E-state index contributed by atoms with van der Waals surface area (Å²) < 4.78 is 45.4. The number of hydrogen-bond acceptors (Lipinski definition) is 9. The number of alkyl halides is 2. The number of hydrogen-bond donors (Lipinski definition) is 3. The first-order chi connectivity index (χ1) is 20.6. The molecule has 1 fully saturated rings. The van der Waals surface area contributed by atoms with Gasteiger partial charge in [-0.3, -0.25) is 19.5 Å². The van der Waals surface area contributed by atoms with Gasteiger partial charge in [-0.1, -0.05) is 50.8 Å². The number of rotatable bonds is 16. The van der Waals surface area contributed by atoms with Crippen molar-refractivity contribution in [2.75, 3.05) is 23.8 Å². The number of halogens is 2. The molecule has 1 aromatic carbocycles. The Morgan fingerprint density at radius 1 is 1.00 bits per heavy atom. The minimum atomic E-state index is -3.92. The van der Waals surface area contributed by atoms with Gasteiger partial charge < -0.3 is 24.6 Å². The van der Waals surface area contributed by atoms with E-state index in [2.05, 4.69) is 22.5 Å². The second kappa shape index (κ2) is 16.7. The first-order valence-electron chi connectivity index (χ1n) is 14.4. The molecule has 2 aromatic rings. The molecule has 3 atom stereocenters. The van der Waals surface area contributed by atoms with E-state index in [1.54, 1.807) is 24.3 Å². The monoisotopic (exact) mass is 608 g/mol. The molecule has 0 spiro atoms. The molecule has 236 valence electrons. The standard InChI is InChI=1S/C29H38F2N4O8/c1-2-3-4-5-11-18-41-28(40)34-22-16-17-35(27(39)33-22)26-29(30,31)25(38)21(43-26)19-42-24(37)15-10-9-14-23(36)32-20-12-7-6-8-13-20/h6-8,12-13,16-17,21,25-26,38H,2-5,9-11,14-15,18-19H2,1H3,(H,32,36)(H,33,34,39,40)/t21-,25-,26-/m1/s1. The summed E-state index contributed by atoms with van der Waals surface area (Å²) in [5.41, 5.74) is -0.505. The number of aromatic nitrogens is 2. The molecule has 3 N–H and O–H groups in total. The van der Waals surface area contributed by atoms with Crippen molar-refractivity contribution in [1.29, 1.82) is 0 Å². The summed E-state index contributed by atoms with van der Waals surface area (Å²) in [4.78, 5) is 52.1. The fourth-order valence-corrected chi connectivity index (χ4v) is 4.33. The van der Waals surface area contributed by atoms with Crippen LogP contribution >= 0.6 is 0 Å². The van der Waals surface area contributed by atoms with Gasteiger partial charge in [0.1, 0.15) is 18.5 Å². The van der Waals surface area contributed by atoms with Crippen molar-refractivity contribution in [3.63, 3.8) is 0 Å². The molecular weight excluding hydrogens is 570 g/mol. The summed E-state index contributed by atoms with van der Waals surface area (Å²) in [5.74, 6) is -5.05. The molecule has 14 heteroatoms. The average molecular weight is 609 g/mol. The number of nitrogens with zero attached hydrogens (tertiary/aromatic N) is 2. The Morgan fingerprint density at radius 3 is 2.44 bits per heavy atom. The van der Waals surface area contributed by atoms with E-state index in [0.29, 0.717) is 29.5 Å². The molecule has 1 aliphatic rings. The number of aliphatic hydroxyl groups is 1. The zero-order valence-electron chi connectivity index (χ0n) is 24.0. The van der Waals surface area contributed by atoms with Gasteiger partial charge in [0.15, 0.2) is 6.10 Å². The zero-order valence-corrected chi connectivity index (χ0v) is 24.0. The van der Waals surface area contributed by atoms with E-state index < -0.39 is 48.7 Å². The number of carbonyl (C=O) groups excluding carboxylic acids is 3. The first-order valence-corrected chi connectivity index (χ1v) is 14.4. The van der Waals surface area contributed by atoms with E-state index in [1.165, 1.54) is 0 Å². The summed E-state index contributed by atoms with van der Waals surface area (Å²) in [6, 6.07) is 10.0. The maximum absolute atomic E-state index is 14.9. The third-order valence-electron chi connectivity index (χ3n) is 6.67. The van der Waals surface area contributed by atoms with E-state index in [-0.39, 0.29) is 31.2 Å². The molecular formula is C29H38F2N4O8. The molecule has 0 unspecified atom stereocenters. The van der Waals surface area contributed by atoms with Crippen molar-refractivity contribution in [2.45, 2.75) is 89.1 Å². The highest BCUT2D eigenvalue weighted by atomic mass is 19.3. The van der Waals surface area contributed by atoms with Crippen LogP contribution in [0.5, 0.6) is 0 Å². The molecule has 2 heterocycles. The lowest BCUT2D eigenvalue weighted by Gasteiger charge is -2.21. The molecule has 1 aliphatic heterocycles. The van der Waals surface area contributed by atoms with Crippen LogP contribution in [-0.2, 0) is 23.8 Å². The molecule has 0 radical (unpaired) electrons. The summed E-state index contributed by atoms with van der Waals surface area (Å²) in [7, 11) is 0. The van der Waals surface area contributed by atoms with Crippen LogP contribution in [0.25, 0.3) is 0 Å². The number of carbonyl (C=O) groups is 3. The average Bonchev–Trinajstić information content (AvgIpc) is 3.20. The lowest BCUT2D eigenvalue weighted by atomic mass is 10.1.